The highest BCUT2D eigenvalue weighted by molar-refractivity contribution is 5.66. The molecule has 0 fully saturated rings. The van der Waals surface area contributed by atoms with Gasteiger partial charge in [-0.15, -0.1) is 0 Å². The average molecular weight is 233 g/mol. The van der Waals surface area contributed by atoms with Crippen LogP contribution in [0.25, 0.3) is 0 Å². The summed E-state index contributed by atoms with van der Waals surface area (Å²) in [5, 5.41) is 2.30. The number of halogens is 3. The summed E-state index contributed by atoms with van der Waals surface area (Å²) in [4.78, 5) is 10.6. The summed E-state index contributed by atoms with van der Waals surface area (Å²) in [6.07, 6.45) is -0.610. The zero-order valence-electron chi connectivity index (χ0n) is 8.52. The van der Waals surface area contributed by atoms with Crippen molar-refractivity contribution in [3.05, 3.63) is 35.1 Å². The lowest BCUT2D eigenvalue weighted by atomic mass is 10.1. The largest absolute Gasteiger partial charge is 0.453 e. The Kier molecular flexibility index (Phi) is 4.16. The Morgan fingerprint density at radius 1 is 1.31 bits per heavy atom. The summed E-state index contributed by atoms with van der Waals surface area (Å²) in [7, 11) is 1.19. The van der Waals surface area contributed by atoms with E-state index in [9.17, 15) is 18.0 Å². The molecule has 0 aliphatic rings. The number of methoxy groups -OCH3 is 1. The summed E-state index contributed by atoms with van der Waals surface area (Å²) in [6, 6.07) is 1.97. The molecule has 0 saturated carbocycles. The topological polar surface area (TPSA) is 38.3 Å². The third-order valence-corrected chi connectivity index (χ3v) is 1.96. The van der Waals surface area contributed by atoms with Crippen molar-refractivity contribution >= 4 is 6.09 Å². The first kappa shape index (κ1) is 12.4. The molecule has 3 nitrogen and oxygen atoms in total. The molecule has 6 heteroatoms. The molecule has 1 amide bonds. The van der Waals surface area contributed by atoms with Gasteiger partial charge in [0.05, 0.1) is 7.11 Å². The zero-order chi connectivity index (χ0) is 12.1. The second-order valence-corrected chi connectivity index (χ2v) is 3.00. The number of carbonyl (C=O) groups is 1. The van der Waals surface area contributed by atoms with Crippen molar-refractivity contribution in [3.63, 3.8) is 0 Å². The molecule has 0 saturated heterocycles. The van der Waals surface area contributed by atoms with Crippen molar-refractivity contribution in [2.45, 2.75) is 6.42 Å². The van der Waals surface area contributed by atoms with Crippen LogP contribution < -0.4 is 5.32 Å². The van der Waals surface area contributed by atoms with Crippen LogP contribution in [0.5, 0.6) is 0 Å². The molecule has 0 unspecified atom stereocenters. The number of hydrogen-bond acceptors (Lipinski definition) is 2. The van der Waals surface area contributed by atoms with Crippen LogP contribution >= 0.6 is 0 Å². The molecule has 0 aliphatic carbocycles. The van der Waals surface area contributed by atoms with Gasteiger partial charge in [0.2, 0.25) is 0 Å². The Balaban J connectivity index is 2.61. The molecular weight excluding hydrogens is 223 g/mol. The van der Waals surface area contributed by atoms with E-state index in [0.29, 0.717) is 0 Å². The average Bonchev–Trinajstić information content (AvgIpc) is 2.29. The van der Waals surface area contributed by atoms with Crippen molar-refractivity contribution in [2.75, 3.05) is 13.7 Å². The molecule has 88 valence electrons. The highest BCUT2D eigenvalue weighted by atomic mass is 19.2. The number of ether oxygens (including phenoxy) is 1. The molecule has 0 heterocycles. The van der Waals surface area contributed by atoms with Crippen molar-refractivity contribution in [2.24, 2.45) is 0 Å². The second kappa shape index (κ2) is 5.39. The number of amides is 1. The maximum Gasteiger partial charge on any atom is 0.406 e. The predicted molar refractivity (Wildman–Crippen MR) is 50.4 cm³/mol. The highest BCUT2D eigenvalue weighted by Crippen LogP contribution is 2.15. The van der Waals surface area contributed by atoms with Crippen molar-refractivity contribution in [1.82, 2.24) is 5.32 Å². The molecule has 1 rings (SSSR count). The fourth-order valence-electron chi connectivity index (χ4n) is 1.13. The third kappa shape index (κ3) is 2.88. The van der Waals surface area contributed by atoms with Gasteiger partial charge in [-0.05, 0) is 18.1 Å². The molecule has 16 heavy (non-hydrogen) atoms. The van der Waals surface area contributed by atoms with Gasteiger partial charge in [0, 0.05) is 6.54 Å². The minimum Gasteiger partial charge on any atom is -0.453 e. The standard InChI is InChI=1S/C10H10F3NO2/c1-16-10(15)14-5-4-6-2-3-7(11)9(13)8(6)12/h2-3H,4-5H2,1H3,(H,14,15). The summed E-state index contributed by atoms with van der Waals surface area (Å²) in [5.41, 5.74) is -0.00435. The zero-order valence-corrected chi connectivity index (χ0v) is 8.52. The van der Waals surface area contributed by atoms with Crippen molar-refractivity contribution in [1.29, 1.82) is 0 Å². The van der Waals surface area contributed by atoms with Crippen molar-refractivity contribution in [3.8, 4) is 0 Å². The van der Waals surface area contributed by atoms with Gasteiger partial charge in [0.1, 0.15) is 0 Å². The Morgan fingerprint density at radius 3 is 2.62 bits per heavy atom. The van der Waals surface area contributed by atoms with E-state index >= 15 is 0 Å². The van der Waals surface area contributed by atoms with E-state index in [1.54, 1.807) is 0 Å². The third-order valence-electron chi connectivity index (χ3n) is 1.96. The fraction of sp³-hybridized carbons (Fsp3) is 0.300. The molecule has 0 aliphatic heterocycles. The van der Waals surface area contributed by atoms with Gasteiger partial charge >= 0.3 is 6.09 Å². The highest BCUT2D eigenvalue weighted by Gasteiger charge is 2.12. The minimum absolute atomic E-state index is 0.00435. The lowest BCUT2D eigenvalue weighted by molar-refractivity contribution is 0.171. The van der Waals surface area contributed by atoms with Gasteiger partial charge in [-0.25, -0.2) is 18.0 Å². The summed E-state index contributed by atoms with van der Waals surface area (Å²) in [5.74, 6) is -3.97. The summed E-state index contributed by atoms with van der Waals surface area (Å²) >= 11 is 0. The number of carbonyl (C=O) groups excluding carboxylic acids is 1. The molecule has 0 atom stereocenters. The predicted octanol–water partition coefficient (Wildman–Crippen LogP) is 2.00. The summed E-state index contributed by atoms with van der Waals surface area (Å²) < 4.78 is 42.7. The van der Waals surface area contributed by atoms with E-state index in [0.717, 1.165) is 12.1 Å². The maximum atomic E-state index is 13.1. The molecule has 0 radical (unpaired) electrons. The molecule has 1 aromatic rings. The van der Waals surface area contributed by atoms with E-state index < -0.39 is 23.5 Å². The van der Waals surface area contributed by atoms with Gasteiger partial charge in [-0.1, -0.05) is 6.07 Å². The Bertz CT molecular complexity index is 396. The number of rotatable bonds is 3. The van der Waals surface area contributed by atoms with E-state index in [1.165, 1.54) is 7.11 Å². The van der Waals surface area contributed by atoms with Gasteiger partial charge in [-0.2, -0.15) is 0 Å². The van der Waals surface area contributed by atoms with E-state index in [-0.39, 0.29) is 18.5 Å². The smallest absolute Gasteiger partial charge is 0.406 e. The monoisotopic (exact) mass is 233 g/mol. The van der Waals surface area contributed by atoms with E-state index in [1.807, 2.05) is 0 Å². The summed E-state index contributed by atoms with van der Waals surface area (Å²) in [6.45, 7) is 0.0780. The minimum atomic E-state index is -1.50. The molecular formula is C10H10F3NO2. The number of nitrogens with one attached hydrogen (secondary N) is 1. The Labute approximate surface area is 90.2 Å². The van der Waals surface area contributed by atoms with Crippen molar-refractivity contribution < 1.29 is 22.7 Å². The SMILES string of the molecule is COC(=O)NCCc1ccc(F)c(F)c1F. The van der Waals surface area contributed by atoms with Crippen LogP contribution in [-0.4, -0.2) is 19.7 Å². The Hall–Kier alpha value is -1.72. The fourth-order valence-corrected chi connectivity index (χ4v) is 1.13. The van der Waals surface area contributed by atoms with Crippen LogP contribution in [0.4, 0.5) is 18.0 Å². The van der Waals surface area contributed by atoms with Crippen LogP contribution in [0.15, 0.2) is 12.1 Å². The first-order chi connectivity index (χ1) is 7.56. The van der Waals surface area contributed by atoms with Crippen LogP contribution in [0.3, 0.4) is 0 Å². The maximum absolute atomic E-state index is 13.1. The molecule has 0 aromatic heterocycles. The van der Waals surface area contributed by atoms with Crippen LogP contribution in [0, 0.1) is 17.5 Å². The molecule has 0 bridgehead atoms. The Morgan fingerprint density at radius 2 is 2.00 bits per heavy atom. The van der Waals surface area contributed by atoms with Crippen LogP contribution in [0.2, 0.25) is 0 Å². The second-order valence-electron chi connectivity index (χ2n) is 3.00. The van der Waals surface area contributed by atoms with E-state index in [2.05, 4.69) is 10.1 Å². The van der Waals surface area contributed by atoms with Gasteiger partial charge in [0.25, 0.3) is 0 Å². The van der Waals surface area contributed by atoms with E-state index in [4.69, 9.17) is 0 Å². The lowest BCUT2D eigenvalue weighted by Crippen LogP contribution is -2.25. The first-order valence-electron chi connectivity index (χ1n) is 4.50. The molecule has 0 spiro atoms. The van der Waals surface area contributed by atoms with Gasteiger partial charge < -0.3 is 10.1 Å². The first-order valence-corrected chi connectivity index (χ1v) is 4.50. The number of alkyl carbamates (subject to hydrolysis) is 1. The molecule has 1 N–H and O–H groups in total. The lowest BCUT2D eigenvalue weighted by Gasteiger charge is -2.05. The molecule has 1 aromatic carbocycles. The number of benzene rings is 1. The van der Waals surface area contributed by atoms with Gasteiger partial charge in [-0.3, -0.25) is 0 Å². The van der Waals surface area contributed by atoms with Crippen LogP contribution in [0.1, 0.15) is 5.56 Å². The number of hydrogen-bond donors (Lipinski definition) is 1. The van der Waals surface area contributed by atoms with Crippen LogP contribution in [-0.2, 0) is 11.2 Å². The van der Waals surface area contributed by atoms with Gasteiger partial charge in [0.15, 0.2) is 17.5 Å². The quantitative estimate of drug-likeness (QED) is 0.811. The normalized spacial score (nSPS) is 10.0.